The van der Waals surface area contributed by atoms with Gasteiger partial charge in [-0.05, 0) is 49.4 Å². The van der Waals surface area contributed by atoms with Crippen LogP contribution in [0.2, 0.25) is 0 Å². The smallest absolute Gasteiger partial charge is 0.265 e. The third kappa shape index (κ3) is 4.76. The second-order valence-corrected chi connectivity index (χ2v) is 5.96. The van der Waals surface area contributed by atoms with Crippen LogP contribution in [0.15, 0.2) is 60.7 Å². The summed E-state index contributed by atoms with van der Waals surface area (Å²) in [6.07, 6.45) is -0.652. The number of carbonyl (C=O) groups is 1. The topological polar surface area (TPSA) is 82.6 Å². The lowest BCUT2D eigenvalue weighted by atomic mass is 10.1. The third-order valence-electron chi connectivity index (χ3n) is 4.04. The fourth-order valence-corrected chi connectivity index (χ4v) is 2.46. The Morgan fingerprint density at radius 2 is 1.54 bits per heavy atom. The Morgan fingerprint density at radius 1 is 0.857 bits per heavy atom. The first-order valence-corrected chi connectivity index (χ1v) is 8.69. The van der Waals surface area contributed by atoms with Crippen LogP contribution in [-0.2, 0) is 4.79 Å². The number of ether oxygens (including phenoxy) is 3. The van der Waals surface area contributed by atoms with E-state index in [1.807, 2.05) is 18.2 Å². The molecule has 144 valence electrons. The normalized spacial score (nSPS) is 11.4. The van der Waals surface area contributed by atoms with Crippen molar-refractivity contribution in [2.24, 2.45) is 0 Å². The number of aromatic nitrogens is 2. The van der Waals surface area contributed by atoms with Crippen molar-refractivity contribution in [1.29, 1.82) is 0 Å². The zero-order valence-corrected chi connectivity index (χ0v) is 15.9. The molecule has 0 saturated heterocycles. The molecule has 0 aliphatic carbocycles. The second kappa shape index (κ2) is 8.85. The number of hydrogen-bond donors (Lipinski definition) is 1. The van der Waals surface area contributed by atoms with Crippen molar-refractivity contribution in [2.75, 3.05) is 19.5 Å². The van der Waals surface area contributed by atoms with Crippen LogP contribution in [-0.4, -0.2) is 36.4 Å². The van der Waals surface area contributed by atoms with Crippen LogP contribution in [0.25, 0.3) is 11.3 Å². The van der Waals surface area contributed by atoms with Gasteiger partial charge in [0.05, 0.1) is 19.9 Å². The highest BCUT2D eigenvalue weighted by Gasteiger charge is 2.15. The highest BCUT2D eigenvalue weighted by Crippen LogP contribution is 2.21. The van der Waals surface area contributed by atoms with Crippen LogP contribution >= 0.6 is 0 Å². The molecule has 1 unspecified atom stereocenters. The first-order chi connectivity index (χ1) is 13.6. The molecule has 7 nitrogen and oxygen atoms in total. The van der Waals surface area contributed by atoms with E-state index in [1.54, 1.807) is 63.6 Å². The van der Waals surface area contributed by atoms with Gasteiger partial charge in [0.25, 0.3) is 5.91 Å². The Balaban J connectivity index is 1.59. The van der Waals surface area contributed by atoms with Gasteiger partial charge in [0.1, 0.15) is 11.5 Å². The summed E-state index contributed by atoms with van der Waals surface area (Å²) in [5.74, 6) is 1.54. The van der Waals surface area contributed by atoms with Crippen molar-refractivity contribution >= 4 is 11.6 Å². The van der Waals surface area contributed by atoms with Crippen LogP contribution in [0.5, 0.6) is 17.4 Å². The summed E-state index contributed by atoms with van der Waals surface area (Å²) in [5.41, 5.74) is 2.27. The molecule has 3 rings (SSSR count). The lowest BCUT2D eigenvalue weighted by Crippen LogP contribution is -2.30. The van der Waals surface area contributed by atoms with Crippen molar-refractivity contribution in [1.82, 2.24) is 10.2 Å². The molecular weight excluding hydrogens is 358 g/mol. The zero-order chi connectivity index (χ0) is 19.9. The molecule has 1 heterocycles. The van der Waals surface area contributed by atoms with Crippen LogP contribution in [0.4, 0.5) is 5.69 Å². The fraction of sp³-hybridized carbons (Fsp3) is 0.190. The maximum absolute atomic E-state index is 12.4. The number of methoxy groups -OCH3 is 2. The minimum atomic E-state index is -0.652. The van der Waals surface area contributed by atoms with Gasteiger partial charge in [0.2, 0.25) is 5.88 Å². The van der Waals surface area contributed by atoms with Crippen LogP contribution in [0.1, 0.15) is 6.92 Å². The van der Waals surface area contributed by atoms with Gasteiger partial charge in [0.15, 0.2) is 6.10 Å². The molecule has 0 radical (unpaired) electrons. The van der Waals surface area contributed by atoms with E-state index in [-0.39, 0.29) is 5.91 Å². The summed E-state index contributed by atoms with van der Waals surface area (Å²) < 4.78 is 15.8. The molecule has 0 bridgehead atoms. The summed E-state index contributed by atoms with van der Waals surface area (Å²) in [6, 6.07) is 18.0. The molecule has 0 aliphatic rings. The van der Waals surface area contributed by atoms with Crippen molar-refractivity contribution in [3.63, 3.8) is 0 Å². The molecule has 2 aromatic carbocycles. The van der Waals surface area contributed by atoms with Crippen molar-refractivity contribution < 1.29 is 19.0 Å². The van der Waals surface area contributed by atoms with Crippen molar-refractivity contribution in [3.05, 3.63) is 60.7 Å². The van der Waals surface area contributed by atoms with E-state index in [4.69, 9.17) is 14.2 Å². The molecule has 0 saturated carbocycles. The lowest BCUT2D eigenvalue weighted by molar-refractivity contribution is -0.122. The summed E-state index contributed by atoms with van der Waals surface area (Å²) in [4.78, 5) is 12.4. The lowest BCUT2D eigenvalue weighted by Gasteiger charge is -2.15. The average molecular weight is 379 g/mol. The SMILES string of the molecule is COc1ccc(OC(C)C(=O)Nc2ccc(-c3ccc(OC)nn3)cc2)cc1. The molecule has 1 amide bonds. The summed E-state index contributed by atoms with van der Waals surface area (Å²) in [5, 5.41) is 10.9. The van der Waals surface area contributed by atoms with Gasteiger partial charge in [-0.3, -0.25) is 4.79 Å². The largest absolute Gasteiger partial charge is 0.497 e. The molecule has 7 heteroatoms. The van der Waals surface area contributed by atoms with Gasteiger partial charge < -0.3 is 19.5 Å². The predicted octanol–water partition coefficient (Wildman–Crippen LogP) is 3.57. The molecule has 1 N–H and O–H groups in total. The predicted molar refractivity (Wildman–Crippen MR) is 106 cm³/mol. The molecule has 0 fully saturated rings. The maximum Gasteiger partial charge on any atom is 0.265 e. The number of carbonyl (C=O) groups excluding carboxylic acids is 1. The summed E-state index contributed by atoms with van der Waals surface area (Å²) in [6.45, 7) is 1.70. The van der Waals surface area contributed by atoms with Crippen LogP contribution < -0.4 is 19.5 Å². The first kappa shape index (κ1) is 19.2. The number of hydrogen-bond acceptors (Lipinski definition) is 6. The Bertz CT molecular complexity index is 910. The van der Waals surface area contributed by atoms with Crippen LogP contribution in [0, 0.1) is 0 Å². The van der Waals surface area contributed by atoms with E-state index in [1.165, 1.54) is 0 Å². The molecule has 3 aromatic rings. The highest BCUT2D eigenvalue weighted by molar-refractivity contribution is 5.94. The van der Waals surface area contributed by atoms with Crippen molar-refractivity contribution in [2.45, 2.75) is 13.0 Å². The number of amides is 1. The fourth-order valence-electron chi connectivity index (χ4n) is 2.46. The number of nitrogens with one attached hydrogen (secondary N) is 1. The van der Waals surface area contributed by atoms with E-state index in [0.717, 1.165) is 17.0 Å². The van der Waals surface area contributed by atoms with Gasteiger partial charge in [-0.2, -0.15) is 0 Å². The zero-order valence-electron chi connectivity index (χ0n) is 15.9. The Kier molecular flexibility index (Phi) is 6.06. The third-order valence-corrected chi connectivity index (χ3v) is 4.04. The van der Waals surface area contributed by atoms with Crippen LogP contribution in [0.3, 0.4) is 0 Å². The average Bonchev–Trinajstić information content (AvgIpc) is 2.75. The minimum absolute atomic E-state index is 0.243. The Labute approximate surface area is 163 Å². The maximum atomic E-state index is 12.4. The molecule has 0 aliphatic heterocycles. The van der Waals surface area contributed by atoms with Crippen molar-refractivity contribution in [3.8, 4) is 28.6 Å². The highest BCUT2D eigenvalue weighted by atomic mass is 16.5. The van der Waals surface area contributed by atoms with E-state index in [2.05, 4.69) is 15.5 Å². The molecule has 28 heavy (non-hydrogen) atoms. The minimum Gasteiger partial charge on any atom is -0.497 e. The van der Waals surface area contributed by atoms with Gasteiger partial charge in [0, 0.05) is 17.3 Å². The number of benzene rings is 2. The molecule has 1 atom stereocenters. The summed E-state index contributed by atoms with van der Waals surface area (Å²) in [7, 11) is 3.14. The number of rotatable bonds is 7. The van der Waals surface area contributed by atoms with E-state index in [0.29, 0.717) is 17.3 Å². The van der Waals surface area contributed by atoms with E-state index >= 15 is 0 Å². The quantitative estimate of drug-likeness (QED) is 0.676. The molecule has 1 aromatic heterocycles. The monoisotopic (exact) mass is 379 g/mol. The van der Waals surface area contributed by atoms with E-state index in [9.17, 15) is 4.79 Å². The standard InChI is InChI=1S/C21H21N3O4/c1-14(28-18-10-8-17(26-2)9-11-18)21(25)22-16-6-4-15(5-7-16)19-12-13-20(27-3)24-23-19/h4-14H,1-3H3,(H,22,25). The molecule has 0 spiro atoms. The summed E-state index contributed by atoms with van der Waals surface area (Å²) >= 11 is 0. The second-order valence-electron chi connectivity index (χ2n) is 5.96. The first-order valence-electron chi connectivity index (χ1n) is 8.69. The Morgan fingerprint density at radius 3 is 2.11 bits per heavy atom. The van der Waals surface area contributed by atoms with Gasteiger partial charge in [-0.1, -0.05) is 12.1 Å². The number of anilines is 1. The Hall–Kier alpha value is -3.61. The molecular formula is C21H21N3O4. The van der Waals surface area contributed by atoms with E-state index < -0.39 is 6.10 Å². The number of nitrogens with zero attached hydrogens (tertiary/aromatic N) is 2. The van der Waals surface area contributed by atoms with Gasteiger partial charge >= 0.3 is 0 Å². The van der Waals surface area contributed by atoms with Gasteiger partial charge in [-0.25, -0.2) is 0 Å². The van der Waals surface area contributed by atoms with Gasteiger partial charge in [-0.15, -0.1) is 10.2 Å².